The van der Waals surface area contributed by atoms with E-state index in [-0.39, 0.29) is 0 Å². The first-order valence-corrected chi connectivity index (χ1v) is 8.67. The molecule has 2 aliphatic heterocycles. The van der Waals surface area contributed by atoms with Crippen molar-refractivity contribution in [1.82, 2.24) is 4.90 Å². The summed E-state index contributed by atoms with van der Waals surface area (Å²) in [5.41, 5.74) is 2.86. The third kappa shape index (κ3) is 2.96. The van der Waals surface area contributed by atoms with Gasteiger partial charge < -0.3 is 4.90 Å². The van der Waals surface area contributed by atoms with Crippen molar-refractivity contribution in [2.75, 3.05) is 24.5 Å². The van der Waals surface area contributed by atoms with Crippen molar-refractivity contribution >= 4 is 5.69 Å². The second-order valence-electron chi connectivity index (χ2n) is 7.50. The highest BCUT2D eigenvalue weighted by Gasteiger charge is 2.37. The molecule has 1 aromatic carbocycles. The van der Waals surface area contributed by atoms with Gasteiger partial charge >= 0.3 is 0 Å². The van der Waals surface area contributed by atoms with Gasteiger partial charge in [-0.2, -0.15) is 0 Å². The number of benzene rings is 1. The maximum atomic E-state index is 2.73. The Morgan fingerprint density at radius 3 is 2.33 bits per heavy atom. The van der Waals surface area contributed by atoms with E-state index in [2.05, 4.69) is 61.8 Å². The van der Waals surface area contributed by atoms with Crippen molar-refractivity contribution in [3.8, 4) is 0 Å². The minimum Gasteiger partial charge on any atom is -0.365 e. The lowest BCUT2D eigenvalue weighted by Gasteiger charge is -2.47. The molecule has 0 radical (unpaired) electrons. The Morgan fingerprint density at radius 2 is 1.71 bits per heavy atom. The van der Waals surface area contributed by atoms with Gasteiger partial charge in [-0.3, -0.25) is 4.90 Å². The lowest BCUT2D eigenvalue weighted by Crippen LogP contribution is -2.58. The summed E-state index contributed by atoms with van der Waals surface area (Å²) in [6.45, 7) is 13.0. The summed E-state index contributed by atoms with van der Waals surface area (Å²) in [6, 6.07) is 10.8. The van der Waals surface area contributed by atoms with Crippen LogP contribution in [0.15, 0.2) is 24.3 Å². The van der Waals surface area contributed by atoms with Gasteiger partial charge in [0, 0.05) is 30.9 Å². The Balaban J connectivity index is 1.83. The van der Waals surface area contributed by atoms with Crippen LogP contribution in [0.5, 0.6) is 0 Å². The Bertz CT molecular complexity index is 463. The van der Waals surface area contributed by atoms with Crippen LogP contribution in [0.1, 0.15) is 52.0 Å². The normalized spacial score (nSPS) is 26.7. The van der Waals surface area contributed by atoms with Crippen LogP contribution < -0.4 is 4.90 Å². The zero-order valence-corrected chi connectivity index (χ0v) is 14.0. The number of rotatable bonds is 3. The van der Waals surface area contributed by atoms with Crippen LogP contribution >= 0.6 is 0 Å². The molecule has 0 spiro atoms. The van der Waals surface area contributed by atoms with Gasteiger partial charge in [0.25, 0.3) is 0 Å². The number of fused-ring (bicyclic) bond motifs is 1. The predicted octanol–water partition coefficient (Wildman–Crippen LogP) is 4.12. The lowest BCUT2D eigenvalue weighted by atomic mass is 9.96. The quantitative estimate of drug-likeness (QED) is 0.824. The number of nitrogens with zero attached hydrogens (tertiary/aromatic N) is 2. The van der Waals surface area contributed by atoms with E-state index in [4.69, 9.17) is 0 Å². The number of anilines is 1. The van der Waals surface area contributed by atoms with Gasteiger partial charge in [-0.25, -0.2) is 0 Å². The van der Waals surface area contributed by atoms with Crippen molar-refractivity contribution in [2.24, 2.45) is 5.92 Å². The molecule has 2 aliphatic rings. The van der Waals surface area contributed by atoms with E-state index in [0.717, 1.165) is 6.04 Å². The van der Waals surface area contributed by atoms with Crippen LogP contribution in [0.4, 0.5) is 5.69 Å². The van der Waals surface area contributed by atoms with Crippen molar-refractivity contribution in [3.63, 3.8) is 0 Å². The van der Waals surface area contributed by atoms with Gasteiger partial charge in [0.15, 0.2) is 0 Å². The highest BCUT2D eigenvalue weighted by atomic mass is 15.3. The molecule has 21 heavy (non-hydrogen) atoms. The summed E-state index contributed by atoms with van der Waals surface area (Å²) in [5.74, 6) is 1.32. The maximum Gasteiger partial charge on any atom is 0.0440 e. The van der Waals surface area contributed by atoms with E-state index in [1.807, 2.05) is 0 Å². The fourth-order valence-electron chi connectivity index (χ4n) is 3.96. The molecular formula is C19H30N2. The second kappa shape index (κ2) is 6.00. The van der Waals surface area contributed by atoms with Crippen molar-refractivity contribution < 1.29 is 0 Å². The molecule has 2 atom stereocenters. The van der Waals surface area contributed by atoms with E-state index in [0.29, 0.717) is 17.9 Å². The molecule has 2 nitrogen and oxygen atoms in total. The molecule has 0 aromatic heterocycles. The molecule has 0 amide bonds. The Kier molecular flexibility index (Phi) is 4.26. The smallest absolute Gasteiger partial charge is 0.0440 e. The summed E-state index contributed by atoms with van der Waals surface area (Å²) in [5, 5.41) is 0. The van der Waals surface area contributed by atoms with Gasteiger partial charge in [0.1, 0.15) is 0 Å². The molecule has 3 rings (SSSR count). The summed E-state index contributed by atoms with van der Waals surface area (Å²) in [7, 11) is 0. The number of hydrogen-bond donors (Lipinski definition) is 0. The first kappa shape index (κ1) is 14.9. The molecule has 0 saturated carbocycles. The topological polar surface area (TPSA) is 6.48 Å². The van der Waals surface area contributed by atoms with Gasteiger partial charge in [0.2, 0.25) is 0 Å². The van der Waals surface area contributed by atoms with Crippen LogP contribution in [0.25, 0.3) is 0 Å². The SMILES string of the molecule is CC(C)c1ccc(N2CC3CCCN3CC2C(C)C)cc1. The summed E-state index contributed by atoms with van der Waals surface area (Å²) >= 11 is 0. The van der Waals surface area contributed by atoms with Crippen molar-refractivity contribution in [3.05, 3.63) is 29.8 Å². The number of piperazine rings is 1. The van der Waals surface area contributed by atoms with E-state index in [9.17, 15) is 0 Å². The highest BCUT2D eigenvalue weighted by molar-refractivity contribution is 5.50. The van der Waals surface area contributed by atoms with Crippen LogP contribution in [0.2, 0.25) is 0 Å². The summed E-state index contributed by atoms with van der Waals surface area (Å²) < 4.78 is 0. The molecule has 2 heteroatoms. The van der Waals surface area contributed by atoms with Crippen molar-refractivity contribution in [2.45, 2.75) is 58.5 Å². The molecule has 2 saturated heterocycles. The molecule has 2 fully saturated rings. The minimum atomic E-state index is 0.617. The van der Waals surface area contributed by atoms with Crippen LogP contribution in [0.3, 0.4) is 0 Å². The molecule has 1 aromatic rings. The average molecular weight is 286 g/mol. The molecule has 116 valence electrons. The fraction of sp³-hybridized carbons (Fsp3) is 0.684. The highest BCUT2D eigenvalue weighted by Crippen LogP contribution is 2.32. The van der Waals surface area contributed by atoms with E-state index >= 15 is 0 Å². The first-order valence-electron chi connectivity index (χ1n) is 8.67. The first-order chi connectivity index (χ1) is 10.1. The Hall–Kier alpha value is -1.02. The largest absolute Gasteiger partial charge is 0.365 e. The van der Waals surface area contributed by atoms with Crippen LogP contribution in [-0.2, 0) is 0 Å². The molecule has 0 aliphatic carbocycles. The van der Waals surface area contributed by atoms with Gasteiger partial charge in [-0.15, -0.1) is 0 Å². The third-order valence-electron chi connectivity index (χ3n) is 5.39. The molecule has 0 N–H and O–H groups in total. The standard InChI is InChI=1S/C19H30N2/c1-14(2)16-7-9-17(10-8-16)21-12-18-6-5-11-20(18)13-19(21)15(3)4/h7-10,14-15,18-19H,5-6,11-13H2,1-4H3. The van der Waals surface area contributed by atoms with E-state index in [1.165, 1.54) is 43.7 Å². The molecule has 2 heterocycles. The Labute approximate surface area is 130 Å². The summed E-state index contributed by atoms with van der Waals surface area (Å²) in [4.78, 5) is 5.41. The van der Waals surface area contributed by atoms with Crippen LogP contribution in [-0.4, -0.2) is 36.6 Å². The maximum absolute atomic E-state index is 2.73. The van der Waals surface area contributed by atoms with Gasteiger partial charge in [-0.1, -0.05) is 39.8 Å². The predicted molar refractivity (Wildman–Crippen MR) is 91.1 cm³/mol. The third-order valence-corrected chi connectivity index (χ3v) is 5.39. The van der Waals surface area contributed by atoms with Gasteiger partial charge in [0.05, 0.1) is 0 Å². The number of hydrogen-bond acceptors (Lipinski definition) is 2. The molecule has 0 bridgehead atoms. The van der Waals surface area contributed by atoms with E-state index in [1.54, 1.807) is 0 Å². The monoisotopic (exact) mass is 286 g/mol. The zero-order valence-electron chi connectivity index (χ0n) is 14.0. The second-order valence-corrected chi connectivity index (χ2v) is 7.50. The zero-order chi connectivity index (χ0) is 15.0. The van der Waals surface area contributed by atoms with E-state index < -0.39 is 0 Å². The fourth-order valence-corrected chi connectivity index (χ4v) is 3.96. The lowest BCUT2D eigenvalue weighted by molar-refractivity contribution is 0.176. The van der Waals surface area contributed by atoms with Crippen molar-refractivity contribution in [1.29, 1.82) is 0 Å². The summed E-state index contributed by atoms with van der Waals surface area (Å²) in [6.07, 6.45) is 2.76. The Morgan fingerprint density at radius 1 is 1.00 bits per heavy atom. The van der Waals surface area contributed by atoms with Gasteiger partial charge in [-0.05, 0) is 48.9 Å². The van der Waals surface area contributed by atoms with Crippen LogP contribution in [0, 0.1) is 5.92 Å². The molecular weight excluding hydrogens is 256 g/mol. The minimum absolute atomic E-state index is 0.617. The molecule has 2 unspecified atom stereocenters. The average Bonchev–Trinajstić information content (AvgIpc) is 2.93.